The number of imidazole rings is 1. The maximum atomic E-state index is 4.37. The quantitative estimate of drug-likeness (QED) is 0.708. The lowest BCUT2D eigenvalue weighted by Crippen LogP contribution is -2.03. The third-order valence-corrected chi connectivity index (χ3v) is 3.25. The maximum Gasteiger partial charge on any atom is 0.150 e. The average Bonchev–Trinajstić information content (AvgIpc) is 3.00. The molecule has 4 nitrogen and oxygen atoms in total. The van der Waals surface area contributed by atoms with E-state index in [-0.39, 0.29) is 0 Å². The first-order chi connectivity index (χ1) is 8.43. The number of hydrogen-bond acceptors (Lipinski definition) is 4. The fraction of sp³-hybridized carbons (Fsp3) is 0.0833. The van der Waals surface area contributed by atoms with Gasteiger partial charge in [0.25, 0.3) is 0 Å². The van der Waals surface area contributed by atoms with Gasteiger partial charge in [0.1, 0.15) is 11.6 Å². The van der Waals surface area contributed by atoms with Crippen molar-refractivity contribution < 1.29 is 0 Å². The van der Waals surface area contributed by atoms with E-state index < -0.39 is 0 Å². The van der Waals surface area contributed by atoms with Gasteiger partial charge in [-0.3, -0.25) is 0 Å². The molecule has 17 heavy (non-hydrogen) atoms. The third kappa shape index (κ3) is 2.09. The second-order valence-corrected chi connectivity index (χ2v) is 4.47. The van der Waals surface area contributed by atoms with Gasteiger partial charge in [-0.05, 0) is 17.5 Å². The third-order valence-electron chi connectivity index (χ3n) is 2.39. The van der Waals surface area contributed by atoms with E-state index in [4.69, 9.17) is 0 Å². The van der Waals surface area contributed by atoms with Gasteiger partial charge in [0.2, 0.25) is 0 Å². The topological polar surface area (TPSA) is 43.6 Å². The van der Waals surface area contributed by atoms with E-state index in [0.29, 0.717) is 6.54 Å². The van der Waals surface area contributed by atoms with Crippen LogP contribution in [0, 0.1) is 0 Å². The van der Waals surface area contributed by atoms with Crippen LogP contribution in [0.5, 0.6) is 0 Å². The molecule has 3 rings (SSSR count). The largest absolute Gasteiger partial charge is 0.323 e. The van der Waals surface area contributed by atoms with E-state index in [1.807, 2.05) is 23.7 Å². The molecule has 0 saturated heterocycles. The molecular formula is C12H10N4S. The molecule has 5 heteroatoms. The summed E-state index contributed by atoms with van der Waals surface area (Å²) in [7, 11) is 0. The van der Waals surface area contributed by atoms with Crippen LogP contribution in [0.1, 0.15) is 5.82 Å². The zero-order valence-corrected chi connectivity index (χ0v) is 9.84. The Kier molecular flexibility index (Phi) is 2.67. The summed E-state index contributed by atoms with van der Waals surface area (Å²) >= 11 is 1.68. The van der Waals surface area contributed by atoms with Crippen LogP contribution in [-0.2, 0) is 6.54 Å². The van der Waals surface area contributed by atoms with Gasteiger partial charge in [-0.1, -0.05) is 6.07 Å². The molecule has 0 aliphatic rings. The van der Waals surface area contributed by atoms with Gasteiger partial charge in [0, 0.05) is 24.8 Å². The minimum Gasteiger partial charge on any atom is -0.323 e. The first-order valence-electron chi connectivity index (χ1n) is 5.24. The van der Waals surface area contributed by atoms with Crippen molar-refractivity contribution in [3.8, 4) is 10.7 Å². The molecule has 0 N–H and O–H groups in total. The first-order valence-corrected chi connectivity index (χ1v) is 6.12. The number of hydrogen-bond donors (Lipinski definition) is 0. The van der Waals surface area contributed by atoms with Gasteiger partial charge >= 0.3 is 0 Å². The van der Waals surface area contributed by atoms with Crippen LogP contribution < -0.4 is 0 Å². The Morgan fingerprint density at radius 1 is 1.06 bits per heavy atom. The van der Waals surface area contributed by atoms with Gasteiger partial charge in [0.15, 0.2) is 0 Å². The Morgan fingerprint density at radius 2 is 1.94 bits per heavy atom. The van der Waals surface area contributed by atoms with Crippen molar-refractivity contribution in [3.05, 3.63) is 54.2 Å². The van der Waals surface area contributed by atoms with Crippen LogP contribution in [0.2, 0.25) is 0 Å². The molecule has 0 amide bonds. The highest BCUT2D eigenvalue weighted by Gasteiger charge is 2.07. The van der Waals surface area contributed by atoms with Crippen molar-refractivity contribution in [1.29, 1.82) is 0 Å². The monoisotopic (exact) mass is 242 g/mol. The normalized spacial score (nSPS) is 10.6. The summed E-state index contributed by atoms with van der Waals surface area (Å²) < 4.78 is 2.06. The standard InChI is InChI=1S/C12H10N4S/c1-3-10(17-8-1)12-15-6-7-16(12)9-11-13-4-2-5-14-11/h1-8H,9H2. The molecule has 0 bridgehead atoms. The van der Waals surface area contributed by atoms with Crippen LogP contribution in [-0.4, -0.2) is 19.5 Å². The van der Waals surface area contributed by atoms with Crippen molar-refractivity contribution in [2.75, 3.05) is 0 Å². The molecule has 0 aliphatic carbocycles. The van der Waals surface area contributed by atoms with Gasteiger partial charge < -0.3 is 4.57 Å². The van der Waals surface area contributed by atoms with E-state index in [1.54, 1.807) is 29.9 Å². The molecule has 0 saturated carbocycles. The molecule has 0 fully saturated rings. The van der Waals surface area contributed by atoms with Crippen molar-refractivity contribution >= 4 is 11.3 Å². The van der Waals surface area contributed by atoms with E-state index >= 15 is 0 Å². The van der Waals surface area contributed by atoms with Crippen LogP contribution in [0.3, 0.4) is 0 Å². The number of rotatable bonds is 3. The molecule has 0 aliphatic heterocycles. The summed E-state index contributed by atoms with van der Waals surface area (Å²) in [6, 6.07) is 5.91. The molecule has 84 valence electrons. The molecule has 3 aromatic rings. The summed E-state index contributed by atoms with van der Waals surface area (Å²) in [5.74, 6) is 1.76. The van der Waals surface area contributed by atoms with E-state index in [9.17, 15) is 0 Å². The van der Waals surface area contributed by atoms with E-state index in [1.165, 1.54) is 0 Å². The van der Waals surface area contributed by atoms with Crippen LogP contribution >= 0.6 is 11.3 Å². The molecule has 0 atom stereocenters. The molecule has 0 spiro atoms. The highest BCUT2D eigenvalue weighted by molar-refractivity contribution is 7.13. The number of nitrogens with zero attached hydrogens (tertiary/aromatic N) is 4. The summed E-state index contributed by atoms with van der Waals surface area (Å²) in [5, 5.41) is 2.05. The van der Waals surface area contributed by atoms with Crippen LogP contribution in [0.4, 0.5) is 0 Å². The molecule has 0 unspecified atom stereocenters. The Morgan fingerprint density at radius 3 is 2.71 bits per heavy atom. The lowest BCUT2D eigenvalue weighted by Gasteiger charge is -2.04. The molecule has 3 heterocycles. The summed E-state index contributed by atoms with van der Waals surface area (Å²) in [5.41, 5.74) is 0. The van der Waals surface area contributed by atoms with Crippen molar-refractivity contribution in [1.82, 2.24) is 19.5 Å². The fourth-order valence-electron chi connectivity index (χ4n) is 1.63. The summed E-state index contributed by atoms with van der Waals surface area (Å²) in [6.07, 6.45) is 7.26. The minimum atomic E-state index is 0.647. The van der Waals surface area contributed by atoms with Gasteiger partial charge in [0.05, 0.1) is 11.4 Å². The second-order valence-electron chi connectivity index (χ2n) is 3.52. The predicted molar refractivity (Wildman–Crippen MR) is 66.7 cm³/mol. The SMILES string of the molecule is c1cnc(Cn2ccnc2-c2cccs2)nc1. The van der Waals surface area contributed by atoms with Gasteiger partial charge in [-0.15, -0.1) is 11.3 Å². The first kappa shape index (κ1) is 10.2. The molecule has 3 aromatic heterocycles. The highest BCUT2D eigenvalue weighted by atomic mass is 32.1. The molecular weight excluding hydrogens is 232 g/mol. The van der Waals surface area contributed by atoms with Crippen molar-refractivity contribution in [2.24, 2.45) is 0 Å². The average molecular weight is 242 g/mol. The maximum absolute atomic E-state index is 4.37. The van der Waals surface area contributed by atoms with Gasteiger partial charge in [-0.2, -0.15) is 0 Å². The summed E-state index contributed by atoms with van der Waals surface area (Å²) in [4.78, 5) is 14.0. The predicted octanol–water partition coefficient (Wildman–Crippen LogP) is 2.45. The fourth-order valence-corrected chi connectivity index (χ4v) is 2.37. The zero-order valence-electron chi connectivity index (χ0n) is 9.02. The second kappa shape index (κ2) is 4.47. The highest BCUT2D eigenvalue weighted by Crippen LogP contribution is 2.22. The zero-order chi connectivity index (χ0) is 11.5. The van der Waals surface area contributed by atoms with Crippen molar-refractivity contribution in [2.45, 2.75) is 6.54 Å². The molecule has 0 radical (unpaired) electrons. The Labute approximate surface area is 103 Å². The van der Waals surface area contributed by atoms with Crippen LogP contribution in [0.15, 0.2) is 48.4 Å². The Balaban J connectivity index is 1.92. The smallest absolute Gasteiger partial charge is 0.150 e. The number of aromatic nitrogens is 4. The molecule has 0 aromatic carbocycles. The van der Waals surface area contributed by atoms with E-state index in [0.717, 1.165) is 16.5 Å². The minimum absolute atomic E-state index is 0.647. The Hall–Kier alpha value is -2.01. The van der Waals surface area contributed by atoms with Crippen LogP contribution in [0.25, 0.3) is 10.7 Å². The van der Waals surface area contributed by atoms with Gasteiger partial charge in [-0.25, -0.2) is 15.0 Å². The van der Waals surface area contributed by atoms with E-state index in [2.05, 4.69) is 25.6 Å². The number of thiophene rings is 1. The lowest BCUT2D eigenvalue weighted by atomic mass is 10.4. The Bertz CT molecular complexity index is 586. The summed E-state index contributed by atoms with van der Waals surface area (Å²) in [6.45, 7) is 0.647. The van der Waals surface area contributed by atoms with Crippen molar-refractivity contribution in [3.63, 3.8) is 0 Å². The lowest BCUT2D eigenvalue weighted by molar-refractivity contribution is 0.751.